The molecule has 0 spiro atoms. The first-order valence-electron chi connectivity index (χ1n) is 8.85. The van der Waals surface area contributed by atoms with Gasteiger partial charge in [0.25, 0.3) is 0 Å². The largest absolute Gasteiger partial charge is 0.478 e. The molecule has 0 unspecified atom stereocenters. The van der Waals surface area contributed by atoms with E-state index in [0.717, 1.165) is 0 Å². The molecule has 0 aromatic heterocycles. The van der Waals surface area contributed by atoms with Gasteiger partial charge in [0.2, 0.25) is 18.6 Å². The Morgan fingerprint density at radius 3 is 2.45 bits per heavy atom. The molecule has 0 bridgehead atoms. The second kappa shape index (κ2) is 8.78. The number of carbonyl (C=O) groups is 4. The first-order valence-corrected chi connectivity index (χ1v) is 10.3. The maximum Gasteiger partial charge on any atom is 0.478 e. The molecule has 1 aliphatic carbocycles. The van der Waals surface area contributed by atoms with Crippen LogP contribution in [0.2, 0.25) is 0 Å². The van der Waals surface area contributed by atoms with Crippen LogP contribution in [0.5, 0.6) is 0 Å². The van der Waals surface area contributed by atoms with Crippen molar-refractivity contribution in [2.75, 3.05) is 27.1 Å². The fourth-order valence-corrected chi connectivity index (χ4v) is 4.04. The van der Waals surface area contributed by atoms with Crippen LogP contribution in [0, 0.1) is 10.8 Å². The van der Waals surface area contributed by atoms with Crippen molar-refractivity contribution in [3.05, 3.63) is 0 Å². The Balaban J connectivity index is 1.90. The highest BCUT2D eigenvalue weighted by atomic mass is 31.2. The topological polar surface area (TPSA) is 170 Å². The number of ether oxygens (including phenoxy) is 2. The van der Waals surface area contributed by atoms with Crippen molar-refractivity contribution < 1.29 is 46.8 Å². The van der Waals surface area contributed by atoms with Gasteiger partial charge in [0.05, 0.1) is 20.1 Å². The summed E-state index contributed by atoms with van der Waals surface area (Å²) in [5.74, 6) is -2.80. The quantitative estimate of drug-likeness (QED) is 0.217. The minimum absolute atomic E-state index is 0.000273. The normalized spacial score (nSPS) is 26.8. The molecule has 2 amide bonds. The average Bonchev–Trinajstić information content (AvgIpc) is 3.46. The van der Waals surface area contributed by atoms with Gasteiger partial charge in [-0.05, 0) is 12.8 Å². The highest BCUT2D eigenvalue weighted by Gasteiger charge is 2.57. The Morgan fingerprint density at radius 2 is 1.90 bits per heavy atom. The highest BCUT2D eigenvalue weighted by Crippen LogP contribution is 2.57. The van der Waals surface area contributed by atoms with Crippen LogP contribution in [0.15, 0.2) is 0 Å². The predicted octanol–water partition coefficient (Wildman–Crippen LogP) is -0.00180. The van der Waals surface area contributed by atoms with E-state index < -0.39 is 55.3 Å². The van der Waals surface area contributed by atoms with E-state index >= 15 is 0 Å². The number of carbonyl (C=O) groups excluding carboxylic acids is 4. The molecule has 2 fully saturated rings. The summed E-state index contributed by atoms with van der Waals surface area (Å²) >= 11 is 0. The lowest BCUT2D eigenvalue weighted by atomic mass is 9.87. The number of esters is 2. The van der Waals surface area contributed by atoms with Crippen molar-refractivity contribution in [1.82, 2.24) is 5.32 Å². The molecule has 0 aromatic rings. The second-order valence-electron chi connectivity index (χ2n) is 7.44. The number of nitrogens with two attached hydrogens (primary N) is 1. The molecule has 12 nitrogen and oxygen atoms in total. The van der Waals surface area contributed by atoms with Gasteiger partial charge in [-0.1, -0.05) is 13.8 Å². The van der Waals surface area contributed by atoms with E-state index in [4.69, 9.17) is 24.0 Å². The number of amides is 2. The Morgan fingerprint density at radius 1 is 1.24 bits per heavy atom. The van der Waals surface area contributed by atoms with E-state index in [1.165, 1.54) is 7.11 Å². The molecule has 164 valence electrons. The van der Waals surface area contributed by atoms with E-state index in [1.54, 1.807) is 13.8 Å². The molecule has 2 aliphatic rings. The van der Waals surface area contributed by atoms with Crippen LogP contribution in [-0.4, -0.2) is 56.9 Å². The first-order chi connectivity index (χ1) is 13.5. The lowest BCUT2D eigenvalue weighted by molar-refractivity contribution is -0.163. The monoisotopic (exact) mass is 436 g/mol. The van der Waals surface area contributed by atoms with Gasteiger partial charge < -0.3 is 20.5 Å². The number of methoxy groups -OCH3 is 1. The number of rotatable bonds is 9. The zero-order valence-electron chi connectivity index (χ0n) is 16.4. The molecule has 1 saturated carbocycles. The van der Waals surface area contributed by atoms with E-state index in [9.17, 15) is 23.7 Å². The van der Waals surface area contributed by atoms with Crippen LogP contribution in [0.4, 0.5) is 0 Å². The second-order valence-corrected chi connectivity index (χ2v) is 9.06. The standard InChI is InChI=1S/C16H25N2O10P/c1-15(2)8-26-29(23,27-9-25-14(22)16(5-6-16)13(17)21)28-11(15)12(20)18-7-4-10(19)24-3/h11H,4-9H2,1-3H3,(H2,17,21)(H,18,20)/t11-,29+/m0/s1. The van der Waals surface area contributed by atoms with E-state index in [0.29, 0.717) is 0 Å². The third-order valence-electron chi connectivity index (χ3n) is 4.65. The van der Waals surface area contributed by atoms with Crippen LogP contribution < -0.4 is 11.1 Å². The lowest BCUT2D eigenvalue weighted by Crippen LogP contribution is -2.50. The fraction of sp³-hybridized carbons (Fsp3) is 0.750. The SMILES string of the molecule is COC(=O)CCNC(=O)[C@@H]1O[P@@](=O)(OCOC(=O)C2(C(N)=O)CC2)OCC1(C)C. The summed E-state index contributed by atoms with van der Waals surface area (Å²) in [4.78, 5) is 46.7. The van der Waals surface area contributed by atoms with Crippen molar-refractivity contribution in [3.63, 3.8) is 0 Å². The zero-order valence-corrected chi connectivity index (χ0v) is 17.3. The van der Waals surface area contributed by atoms with Crippen molar-refractivity contribution >= 4 is 31.6 Å². The van der Waals surface area contributed by atoms with E-state index in [-0.39, 0.29) is 32.4 Å². The van der Waals surface area contributed by atoms with Gasteiger partial charge in [-0.15, -0.1) is 0 Å². The van der Waals surface area contributed by atoms with Gasteiger partial charge in [0.15, 0.2) is 6.10 Å². The summed E-state index contributed by atoms with van der Waals surface area (Å²) in [6.07, 6.45) is -0.713. The number of hydrogen-bond acceptors (Lipinski definition) is 10. The Bertz CT molecular complexity index is 733. The number of hydrogen-bond donors (Lipinski definition) is 2. The van der Waals surface area contributed by atoms with E-state index in [2.05, 4.69) is 10.1 Å². The maximum absolute atomic E-state index is 12.6. The minimum Gasteiger partial charge on any atom is -0.469 e. The van der Waals surface area contributed by atoms with Gasteiger partial charge in [-0.25, -0.2) is 9.09 Å². The van der Waals surface area contributed by atoms with Crippen LogP contribution >= 0.6 is 7.82 Å². The summed E-state index contributed by atoms with van der Waals surface area (Å²) in [7, 11) is -2.99. The van der Waals surface area contributed by atoms with Crippen LogP contribution in [0.3, 0.4) is 0 Å². The number of phosphoric ester groups is 1. The molecular formula is C16H25N2O10P. The smallest absolute Gasteiger partial charge is 0.469 e. The molecule has 29 heavy (non-hydrogen) atoms. The van der Waals surface area contributed by atoms with Gasteiger partial charge in [-0.3, -0.25) is 28.2 Å². The zero-order chi connectivity index (χ0) is 21.9. The predicted molar refractivity (Wildman–Crippen MR) is 94.8 cm³/mol. The molecule has 1 heterocycles. The third kappa shape index (κ3) is 5.53. The summed E-state index contributed by atoms with van der Waals surface area (Å²) < 4.78 is 37.3. The number of nitrogens with one attached hydrogen (secondary N) is 1. The third-order valence-corrected chi connectivity index (χ3v) is 5.98. The molecule has 2 atom stereocenters. The molecule has 3 N–H and O–H groups in total. The summed E-state index contributed by atoms with van der Waals surface area (Å²) in [6, 6.07) is 0. The molecular weight excluding hydrogens is 411 g/mol. The number of phosphoric acid groups is 1. The average molecular weight is 436 g/mol. The maximum atomic E-state index is 12.6. The molecule has 2 rings (SSSR count). The Hall–Kier alpha value is -2.01. The van der Waals surface area contributed by atoms with Gasteiger partial charge in [-0.2, -0.15) is 0 Å². The van der Waals surface area contributed by atoms with Crippen molar-refractivity contribution in [2.24, 2.45) is 16.6 Å². The van der Waals surface area contributed by atoms with Crippen LogP contribution in [-0.2, 0) is 46.8 Å². The van der Waals surface area contributed by atoms with Crippen LogP contribution in [0.25, 0.3) is 0 Å². The van der Waals surface area contributed by atoms with Gasteiger partial charge in [0.1, 0.15) is 5.41 Å². The van der Waals surface area contributed by atoms with Crippen LogP contribution in [0.1, 0.15) is 33.1 Å². The highest BCUT2D eigenvalue weighted by molar-refractivity contribution is 7.48. The summed E-state index contributed by atoms with van der Waals surface area (Å²) in [5, 5.41) is 2.49. The molecule has 0 radical (unpaired) electrons. The van der Waals surface area contributed by atoms with Gasteiger partial charge >= 0.3 is 19.8 Å². The lowest BCUT2D eigenvalue weighted by Gasteiger charge is -2.39. The molecule has 13 heteroatoms. The summed E-state index contributed by atoms with van der Waals surface area (Å²) in [6.45, 7) is 2.37. The van der Waals surface area contributed by atoms with Crippen molar-refractivity contribution in [3.8, 4) is 0 Å². The number of primary amides is 1. The van der Waals surface area contributed by atoms with Crippen molar-refractivity contribution in [1.29, 1.82) is 0 Å². The molecule has 1 aliphatic heterocycles. The summed E-state index contributed by atoms with van der Waals surface area (Å²) in [5.41, 5.74) is 2.95. The fourth-order valence-electron chi connectivity index (χ4n) is 2.53. The minimum atomic E-state index is -4.22. The van der Waals surface area contributed by atoms with E-state index in [1.807, 2.05) is 0 Å². The molecule has 0 aromatic carbocycles. The first kappa shape index (κ1) is 23.3. The van der Waals surface area contributed by atoms with Crippen molar-refractivity contribution in [2.45, 2.75) is 39.2 Å². The Labute approximate surface area is 167 Å². The molecule has 1 saturated heterocycles. The van der Waals surface area contributed by atoms with Gasteiger partial charge in [0, 0.05) is 12.0 Å². The Kier molecular flexibility index (Phi) is 7.05.